The number of nitrogens with two attached hydrogens (primary N) is 1. The summed E-state index contributed by atoms with van der Waals surface area (Å²) in [5, 5.41) is 16.0. The Morgan fingerprint density at radius 3 is 3.05 bits per heavy atom. The van der Waals surface area contributed by atoms with Crippen molar-refractivity contribution in [2.24, 2.45) is 0 Å². The summed E-state index contributed by atoms with van der Waals surface area (Å²) >= 11 is 1.31. The molecule has 2 heterocycles. The molecule has 0 saturated carbocycles. The van der Waals surface area contributed by atoms with Crippen LogP contribution < -0.4 is 11.1 Å². The molecule has 1 amide bonds. The van der Waals surface area contributed by atoms with Crippen LogP contribution in [0.1, 0.15) is 5.69 Å². The highest BCUT2D eigenvalue weighted by molar-refractivity contribution is 7.13. The topological polar surface area (TPSA) is 112 Å². The molecule has 3 N–H and O–H groups in total. The summed E-state index contributed by atoms with van der Waals surface area (Å²) in [6.07, 6.45) is 1.67. The Hall–Kier alpha value is -2.81. The van der Waals surface area contributed by atoms with Gasteiger partial charge >= 0.3 is 0 Å². The first-order valence-electron chi connectivity index (χ1n) is 6.04. The maximum absolute atomic E-state index is 12.0. The molecule has 21 heavy (non-hydrogen) atoms. The molecule has 0 bridgehead atoms. The summed E-state index contributed by atoms with van der Waals surface area (Å²) in [6, 6.07) is 7.23. The van der Waals surface area contributed by atoms with Gasteiger partial charge in [0.1, 0.15) is 6.33 Å². The zero-order valence-electron chi connectivity index (χ0n) is 10.8. The number of carbonyl (C=O) groups excluding carboxylic acids is 1. The number of rotatable bonds is 4. The van der Waals surface area contributed by atoms with Crippen molar-refractivity contribution in [1.29, 1.82) is 0 Å². The van der Waals surface area contributed by atoms with Gasteiger partial charge in [0.05, 0.1) is 17.8 Å². The van der Waals surface area contributed by atoms with E-state index in [-0.39, 0.29) is 12.3 Å². The van der Waals surface area contributed by atoms with Crippen LogP contribution >= 0.6 is 11.3 Å². The van der Waals surface area contributed by atoms with Gasteiger partial charge in [0.25, 0.3) is 0 Å². The van der Waals surface area contributed by atoms with Crippen molar-refractivity contribution in [2.75, 3.05) is 11.1 Å². The second kappa shape index (κ2) is 5.67. The van der Waals surface area contributed by atoms with E-state index in [0.29, 0.717) is 16.5 Å². The highest BCUT2D eigenvalue weighted by atomic mass is 32.1. The van der Waals surface area contributed by atoms with Gasteiger partial charge in [-0.2, -0.15) is 0 Å². The van der Waals surface area contributed by atoms with Crippen molar-refractivity contribution in [1.82, 2.24) is 25.2 Å². The van der Waals surface area contributed by atoms with Gasteiger partial charge in [-0.15, -0.1) is 16.4 Å². The predicted octanol–water partition coefficient (Wildman–Crippen LogP) is 0.882. The standard InChI is InChI=1S/C12H11N7OS/c13-12-16-9(6-21-12)5-11(20)15-8-2-1-3-10(4-8)19-7-14-17-18-19/h1-4,6-7H,5H2,(H2,13,16)(H,15,20). The summed E-state index contributed by atoms with van der Waals surface area (Å²) in [5.41, 5.74) is 7.62. The molecule has 0 spiro atoms. The lowest BCUT2D eigenvalue weighted by Gasteiger charge is -2.06. The van der Waals surface area contributed by atoms with E-state index in [4.69, 9.17) is 5.73 Å². The molecule has 0 radical (unpaired) electrons. The van der Waals surface area contributed by atoms with Crippen LogP contribution in [0.2, 0.25) is 0 Å². The van der Waals surface area contributed by atoms with Crippen molar-refractivity contribution in [3.05, 3.63) is 41.7 Å². The number of hydrogen-bond donors (Lipinski definition) is 2. The number of nitrogen functional groups attached to an aromatic ring is 1. The Morgan fingerprint density at radius 2 is 2.33 bits per heavy atom. The van der Waals surface area contributed by atoms with E-state index in [1.165, 1.54) is 22.3 Å². The van der Waals surface area contributed by atoms with Crippen LogP contribution in [-0.4, -0.2) is 31.1 Å². The smallest absolute Gasteiger partial charge is 0.230 e. The Kier molecular flexibility index (Phi) is 3.56. The fourth-order valence-electron chi connectivity index (χ4n) is 1.78. The lowest BCUT2D eigenvalue weighted by atomic mass is 10.2. The zero-order valence-corrected chi connectivity index (χ0v) is 11.6. The lowest BCUT2D eigenvalue weighted by molar-refractivity contribution is -0.115. The second-order valence-corrected chi connectivity index (χ2v) is 5.10. The molecule has 0 unspecified atom stereocenters. The van der Waals surface area contributed by atoms with Crippen molar-refractivity contribution < 1.29 is 4.79 Å². The highest BCUT2D eigenvalue weighted by Crippen LogP contribution is 2.15. The number of aromatic nitrogens is 5. The monoisotopic (exact) mass is 301 g/mol. The minimum atomic E-state index is -0.158. The van der Waals surface area contributed by atoms with Crippen molar-refractivity contribution in [2.45, 2.75) is 6.42 Å². The molecule has 0 atom stereocenters. The molecule has 0 aliphatic carbocycles. The summed E-state index contributed by atoms with van der Waals surface area (Å²) in [7, 11) is 0. The second-order valence-electron chi connectivity index (χ2n) is 4.21. The number of anilines is 2. The van der Waals surface area contributed by atoms with Crippen molar-refractivity contribution >= 4 is 28.1 Å². The molecular formula is C12H11N7OS. The van der Waals surface area contributed by atoms with Crippen LogP contribution in [0.5, 0.6) is 0 Å². The summed E-state index contributed by atoms with van der Waals surface area (Å²) in [5.74, 6) is -0.158. The first kappa shape index (κ1) is 13.2. The largest absolute Gasteiger partial charge is 0.375 e. The van der Waals surface area contributed by atoms with Crippen molar-refractivity contribution in [3.8, 4) is 5.69 Å². The van der Waals surface area contributed by atoms with Crippen LogP contribution in [0.25, 0.3) is 5.69 Å². The van der Waals surface area contributed by atoms with Crippen molar-refractivity contribution in [3.63, 3.8) is 0 Å². The van der Waals surface area contributed by atoms with Crippen LogP contribution in [0, 0.1) is 0 Å². The highest BCUT2D eigenvalue weighted by Gasteiger charge is 2.08. The minimum Gasteiger partial charge on any atom is -0.375 e. The number of benzene rings is 1. The number of nitrogens with zero attached hydrogens (tertiary/aromatic N) is 5. The summed E-state index contributed by atoms with van der Waals surface area (Å²) in [6.45, 7) is 0. The summed E-state index contributed by atoms with van der Waals surface area (Å²) in [4.78, 5) is 16.0. The zero-order chi connectivity index (χ0) is 14.7. The average Bonchev–Trinajstić information content (AvgIpc) is 3.11. The molecule has 3 rings (SSSR count). The van der Waals surface area contributed by atoms with E-state index in [1.54, 1.807) is 17.5 Å². The number of hydrogen-bond acceptors (Lipinski definition) is 7. The number of nitrogens with one attached hydrogen (secondary N) is 1. The van der Waals surface area contributed by atoms with Gasteiger partial charge in [-0.3, -0.25) is 4.79 Å². The van der Waals surface area contributed by atoms with Gasteiger partial charge in [-0.25, -0.2) is 9.67 Å². The number of amides is 1. The Balaban J connectivity index is 1.70. The maximum Gasteiger partial charge on any atom is 0.230 e. The Bertz CT molecular complexity index is 753. The van der Waals surface area contributed by atoms with Crippen LogP contribution in [0.15, 0.2) is 36.0 Å². The number of tetrazole rings is 1. The van der Waals surface area contributed by atoms with E-state index in [1.807, 2.05) is 12.1 Å². The third-order valence-corrected chi connectivity index (χ3v) is 3.38. The maximum atomic E-state index is 12.0. The van der Waals surface area contributed by atoms with Gasteiger partial charge in [0, 0.05) is 11.1 Å². The van der Waals surface area contributed by atoms with E-state index < -0.39 is 0 Å². The third kappa shape index (κ3) is 3.20. The molecule has 8 nitrogen and oxygen atoms in total. The molecule has 0 aliphatic heterocycles. The van der Waals surface area contributed by atoms with E-state index in [9.17, 15) is 4.79 Å². The molecule has 106 valence electrons. The number of thiazole rings is 1. The van der Waals surface area contributed by atoms with E-state index in [2.05, 4.69) is 25.8 Å². The normalized spacial score (nSPS) is 10.5. The SMILES string of the molecule is Nc1nc(CC(=O)Nc2cccc(-n3cnnn3)c2)cs1. The van der Waals surface area contributed by atoms with Crippen LogP contribution in [0.3, 0.4) is 0 Å². The van der Waals surface area contributed by atoms with Gasteiger partial charge in [0.2, 0.25) is 5.91 Å². The van der Waals surface area contributed by atoms with Gasteiger partial charge in [0.15, 0.2) is 5.13 Å². The first-order valence-corrected chi connectivity index (χ1v) is 6.92. The van der Waals surface area contributed by atoms with Crippen LogP contribution in [-0.2, 0) is 11.2 Å². The van der Waals surface area contributed by atoms with Gasteiger partial charge < -0.3 is 11.1 Å². The number of carbonyl (C=O) groups is 1. The molecule has 1 aromatic carbocycles. The van der Waals surface area contributed by atoms with E-state index >= 15 is 0 Å². The first-order chi connectivity index (χ1) is 10.2. The fourth-order valence-corrected chi connectivity index (χ4v) is 2.34. The molecule has 9 heteroatoms. The molecule has 0 saturated heterocycles. The molecule has 3 aromatic rings. The Morgan fingerprint density at radius 1 is 1.43 bits per heavy atom. The predicted molar refractivity (Wildman–Crippen MR) is 78.0 cm³/mol. The Labute approximate surface area is 123 Å². The van der Waals surface area contributed by atoms with Crippen LogP contribution in [0.4, 0.5) is 10.8 Å². The molecule has 2 aromatic heterocycles. The van der Waals surface area contributed by atoms with E-state index in [0.717, 1.165) is 5.69 Å². The molecule has 0 fully saturated rings. The molecular weight excluding hydrogens is 290 g/mol. The quantitative estimate of drug-likeness (QED) is 0.740. The lowest BCUT2D eigenvalue weighted by Crippen LogP contribution is -2.14. The minimum absolute atomic E-state index is 0.158. The third-order valence-electron chi connectivity index (χ3n) is 2.65. The molecule has 0 aliphatic rings. The van der Waals surface area contributed by atoms with Gasteiger partial charge in [-0.1, -0.05) is 6.07 Å². The average molecular weight is 301 g/mol. The fraction of sp³-hybridized carbons (Fsp3) is 0.0833. The van der Waals surface area contributed by atoms with Gasteiger partial charge in [-0.05, 0) is 28.6 Å². The summed E-state index contributed by atoms with van der Waals surface area (Å²) < 4.78 is 1.51.